The Balaban J connectivity index is 1.65. The van der Waals surface area contributed by atoms with Gasteiger partial charge in [0, 0.05) is 18.1 Å². The van der Waals surface area contributed by atoms with Gasteiger partial charge in [-0.2, -0.15) is 0 Å². The van der Waals surface area contributed by atoms with Crippen LogP contribution in [0.2, 0.25) is 0 Å². The molecule has 0 atom stereocenters. The molecule has 25 heavy (non-hydrogen) atoms. The van der Waals surface area contributed by atoms with E-state index in [1.807, 2.05) is 36.4 Å². The summed E-state index contributed by atoms with van der Waals surface area (Å²) in [6.07, 6.45) is 4.27. The highest BCUT2D eigenvalue weighted by Crippen LogP contribution is 2.29. The number of pyridine rings is 1. The highest BCUT2D eigenvalue weighted by Gasteiger charge is 2.16. The van der Waals surface area contributed by atoms with Crippen LogP contribution < -0.4 is 4.74 Å². The van der Waals surface area contributed by atoms with Crippen LogP contribution in [-0.2, 0) is 6.54 Å². The van der Waals surface area contributed by atoms with Crippen molar-refractivity contribution in [2.24, 2.45) is 0 Å². The molecule has 1 aliphatic rings. The number of benzene rings is 2. The van der Waals surface area contributed by atoms with E-state index in [1.54, 1.807) is 18.3 Å². The standard InChI is InChI=1S/C21H20N2O2/c24-21(16-7-2-1-3-8-16)25-19-11-10-17(15-23-13-4-5-14-23)18-9-6-12-22-20(18)19/h1-3,6-12H,4-5,13-15H2. The van der Waals surface area contributed by atoms with Gasteiger partial charge in [0.2, 0.25) is 0 Å². The SMILES string of the molecule is O=C(Oc1ccc(CN2CCCC2)c2cccnc12)c1ccccc1. The van der Waals surface area contributed by atoms with Crippen LogP contribution in [0.1, 0.15) is 28.8 Å². The van der Waals surface area contributed by atoms with Crippen LogP contribution in [0.25, 0.3) is 10.9 Å². The molecule has 0 aliphatic carbocycles. The summed E-state index contributed by atoms with van der Waals surface area (Å²) in [7, 11) is 0. The molecule has 4 nitrogen and oxygen atoms in total. The largest absolute Gasteiger partial charge is 0.421 e. The van der Waals surface area contributed by atoms with E-state index in [4.69, 9.17) is 4.74 Å². The Hall–Kier alpha value is -2.72. The molecule has 0 N–H and O–H groups in total. The van der Waals surface area contributed by atoms with Gasteiger partial charge < -0.3 is 4.74 Å². The van der Waals surface area contributed by atoms with Crippen molar-refractivity contribution in [2.75, 3.05) is 13.1 Å². The van der Waals surface area contributed by atoms with Crippen molar-refractivity contribution in [1.82, 2.24) is 9.88 Å². The summed E-state index contributed by atoms with van der Waals surface area (Å²) in [4.78, 5) is 19.3. The summed E-state index contributed by atoms with van der Waals surface area (Å²) in [5.74, 6) is 0.148. The van der Waals surface area contributed by atoms with E-state index in [-0.39, 0.29) is 5.97 Å². The molecule has 2 heterocycles. The summed E-state index contributed by atoms with van der Waals surface area (Å²) in [5, 5.41) is 1.05. The van der Waals surface area contributed by atoms with Gasteiger partial charge in [0.1, 0.15) is 5.52 Å². The number of nitrogens with zero attached hydrogens (tertiary/aromatic N) is 2. The number of carbonyl (C=O) groups is 1. The summed E-state index contributed by atoms with van der Waals surface area (Å²) in [6.45, 7) is 3.20. The lowest BCUT2D eigenvalue weighted by molar-refractivity contribution is 0.0736. The second-order valence-electron chi connectivity index (χ2n) is 6.36. The van der Waals surface area contributed by atoms with Crippen LogP contribution in [0.4, 0.5) is 0 Å². The van der Waals surface area contributed by atoms with Gasteiger partial charge in [0.05, 0.1) is 5.56 Å². The zero-order valence-electron chi connectivity index (χ0n) is 14.0. The van der Waals surface area contributed by atoms with E-state index >= 15 is 0 Å². The van der Waals surface area contributed by atoms with E-state index in [1.165, 1.54) is 18.4 Å². The zero-order chi connectivity index (χ0) is 17.1. The molecule has 0 spiro atoms. The molecule has 126 valence electrons. The Kier molecular flexibility index (Phi) is 4.44. The summed E-state index contributed by atoms with van der Waals surface area (Å²) in [5.41, 5.74) is 2.50. The second kappa shape index (κ2) is 7.03. The first-order valence-electron chi connectivity index (χ1n) is 8.67. The fourth-order valence-electron chi connectivity index (χ4n) is 3.34. The molecule has 2 aromatic carbocycles. The van der Waals surface area contributed by atoms with E-state index in [0.29, 0.717) is 11.3 Å². The monoisotopic (exact) mass is 332 g/mol. The fourth-order valence-corrected chi connectivity index (χ4v) is 3.34. The molecule has 1 fully saturated rings. The van der Waals surface area contributed by atoms with E-state index in [2.05, 4.69) is 16.0 Å². The highest BCUT2D eigenvalue weighted by molar-refractivity contribution is 5.95. The number of hydrogen-bond donors (Lipinski definition) is 0. The molecule has 3 aromatic rings. The van der Waals surface area contributed by atoms with E-state index in [9.17, 15) is 4.79 Å². The first-order valence-corrected chi connectivity index (χ1v) is 8.67. The predicted molar refractivity (Wildman–Crippen MR) is 97.7 cm³/mol. The highest BCUT2D eigenvalue weighted by atomic mass is 16.5. The molecular formula is C21H20N2O2. The Morgan fingerprint density at radius 1 is 1.00 bits per heavy atom. The Labute approximate surface area is 147 Å². The van der Waals surface area contributed by atoms with Crippen molar-refractivity contribution in [3.05, 3.63) is 71.9 Å². The van der Waals surface area contributed by atoms with Crippen molar-refractivity contribution in [2.45, 2.75) is 19.4 Å². The second-order valence-corrected chi connectivity index (χ2v) is 6.36. The third-order valence-electron chi connectivity index (χ3n) is 4.63. The lowest BCUT2D eigenvalue weighted by atomic mass is 10.1. The third kappa shape index (κ3) is 3.39. The molecule has 1 aromatic heterocycles. The fraction of sp³-hybridized carbons (Fsp3) is 0.238. The van der Waals surface area contributed by atoms with E-state index < -0.39 is 0 Å². The van der Waals surface area contributed by atoms with Gasteiger partial charge >= 0.3 is 5.97 Å². The number of likely N-dealkylation sites (tertiary alicyclic amines) is 1. The van der Waals surface area contributed by atoms with Crippen LogP contribution in [0.3, 0.4) is 0 Å². The van der Waals surface area contributed by atoms with Gasteiger partial charge in [-0.1, -0.05) is 30.3 Å². The zero-order valence-corrected chi connectivity index (χ0v) is 14.0. The molecule has 1 aliphatic heterocycles. The number of hydrogen-bond acceptors (Lipinski definition) is 4. The van der Waals surface area contributed by atoms with Crippen LogP contribution in [0.15, 0.2) is 60.8 Å². The molecule has 0 saturated carbocycles. The summed E-state index contributed by atoms with van der Waals surface area (Å²) in [6, 6.07) is 16.9. The topological polar surface area (TPSA) is 42.4 Å². The Morgan fingerprint density at radius 3 is 2.60 bits per heavy atom. The third-order valence-corrected chi connectivity index (χ3v) is 4.63. The number of rotatable bonds is 4. The van der Waals surface area contributed by atoms with Gasteiger partial charge in [0.25, 0.3) is 0 Å². The summed E-state index contributed by atoms with van der Waals surface area (Å²) >= 11 is 0. The van der Waals surface area contributed by atoms with E-state index in [0.717, 1.165) is 30.5 Å². The molecule has 4 heteroatoms. The minimum atomic E-state index is -0.361. The number of ether oxygens (including phenoxy) is 1. The molecular weight excluding hydrogens is 312 g/mol. The molecule has 0 unspecified atom stereocenters. The van der Waals surface area contributed by atoms with Crippen molar-refractivity contribution in [1.29, 1.82) is 0 Å². The average molecular weight is 332 g/mol. The lowest BCUT2D eigenvalue weighted by Gasteiger charge is -2.17. The van der Waals surface area contributed by atoms with Gasteiger partial charge in [-0.15, -0.1) is 0 Å². The van der Waals surface area contributed by atoms with Crippen LogP contribution >= 0.6 is 0 Å². The lowest BCUT2D eigenvalue weighted by Crippen LogP contribution is -2.18. The quantitative estimate of drug-likeness (QED) is 0.534. The first-order chi connectivity index (χ1) is 12.3. The van der Waals surface area contributed by atoms with Crippen LogP contribution in [-0.4, -0.2) is 28.9 Å². The van der Waals surface area contributed by atoms with Crippen molar-refractivity contribution < 1.29 is 9.53 Å². The predicted octanol–water partition coefficient (Wildman–Crippen LogP) is 4.05. The number of carbonyl (C=O) groups excluding carboxylic acids is 1. The Bertz CT molecular complexity index is 887. The van der Waals surface area contributed by atoms with Crippen molar-refractivity contribution >= 4 is 16.9 Å². The maximum Gasteiger partial charge on any atom is 0.343 e. The molecule has 0 bridgehead atoms. The van der Waals surface area contributed by atoms with Gasteiger partial charge in [-0.05, 0) is 55.8 Å². The van der Waals surface area contributed by atoms with Gasteiger partial charge in [-0.25, -0.2) is 4.79 Å². The minimum Gasteiger partial charge on any atom is -0.421 e. The Morgan fingerprint density at radius 2 is 1.80 bits per heavy atom. The van der Waals surface area contributed by atoms with Crippen molar-refractivity contribution in [3.63, 3.8) is 0 Å². The molecule has 0 amide bonds. The smallest absolute Gasteiger partial charge is 0.343 e. The maximum absolute atomic E-state index is 12.4. The molecule has 4 rings (SSSR count). The number of aromatic nitrogens is 1. The average Bonchev–Trinajstić information content (AvgIpc) is 3.17. The van der Waals surface area contributed by atoms with Crippen LogP contribution in [0, 0.1) is 0 Å². The summed E-state index contributed by atoms with van der Waals surface area (Å²) < 4.78 is 5.62. The first kappa shape index (κ1) is 15.8. The molecule has 0 radical (unpaired) electrons. The van der Waals surface area contributed by atoms with Gasteiger partial charge in [-0.3, -0.25) is 9.88 Å². The maximum atomic E-state index is 12.4. The molecule has 1 saturated heterocycles. The van der Waals surface area contributed by atoms with Crippen LogP contribution in [0.5, 0.6) is 5.75 Å². The number of esters is 1. The minimum absolute atomic E-state index is 0.361. The van der Waals surface area contributed by atoms with Crippen molar-refractivity contribution in [3.8, 4) is 5.75 Å². The van der Waals surface area contributed by atoms with Gasteiger partial charge in [0.15, 0.2) is 5.75 Å². The normalized spacial score (nSPS) is 14.7. The number of fused-ring (bicyclic) bond motifs is 1.